The van der Waals surface area contributed by atoms with E-state index in [9.17, 15) is 12.8 Å². The average molecular weight is 306 g/mol. The second-order valence-electron chi connectivity index (χ2n) is 3.80. The highest BCUT2D eigenvalue weighted by atomic mass is 32.2. The lowest BCUT2D eigenvalue weighted by molar-refractivity contribution is 0.185. The van der Waals surface area contributed by atoms with Crippen LogP contribution >= 0.6 is 12.2 Å². The van der Waals surface area contributed by atoms with Crippen LogP contribution in [0.5, 0.6) is 0 Å². The second kappa shape index (κ2) is 6.38. The molecule has 0 saturated heterocycles. The third kappa shape index (κ3) is 3.47. The Morgan fingerprint density at radius 1 is 1.53 bits per heavy atom. The molecule has 1 aromatic carbocycles. The third-order valence-corrected chi connectivity index (χ3v) is 4.62. The third-order valence-electron chi connectivity index (χ3n) is 2.52. The molecule has 0 spiro atoms. The van der Waals surface area contributed by atoms with Gasteiger partial charge in [-0.3, -0.25) is 0 Å². The summed E-state index contributed by atoms with van der Waals surface area (Å²) in [4.78, 5) is -0.532. The van der Waals surface area contributed by atoms with Crippen molar-refractivity contribution in [2.75, 3.05) is 27.3 Å². The minimum absolute atomic E-state index is 0.145. The predicted molar refractivity (Wildman–Crippen MR) is 74.0 cm³/mol. The van der Waals surface area contributed by atoms with Gasteiger partial charge in [-0.2, -0.15) is 4.31 Å². The largest absolute Gasteiger partial charge is 0.389 e. The number of benzene rings is 1. The number of thiocarbonyl (C=S) groups is 1. The number of halogens is 1. The molecular formula is C11H15FN2O3S2. The van der Waals surface area contributed by atoms with Crippen molar-refractivity contribution in [3.63, 3.8) is 0 Å². The molecule has 0 aliphatic carbocycles. The Labute approximate surface area is 117 Å². The van der Waals surface area contributed by atoms with Gasteiger partial charge in [-0.15, -0.1) is 0 Å². The van der Waals surface area contributed by atoms with E-state index in [1.165, 1.54) is 26.3 Å². The molecule has 1 rings (SSSR count). The van der Waals surface area contributed by atoms with Crippen molar-refractivity contribution >= 4 is 27.2 Å². The fourth-order valence-electron chi connectivity index (χ4n) is 1.47. The first kappa shape index (κ1) is 16.0. The highest BCUT2D eigenvalue weighted by molar-refractivity contribution is 7.89. The minimum Gasteiger partial charge on any atom is -0.389 e. The zero-order chi connectivity index (χ0) is 14.6. The van der Waals surface area contributed by atoms with Crippen molar-refractivity contribution in [1.29, 1.82) is 0 Å². The monoisotopic (exact) mass is 306 g/mol. The highest BCUT2D eigenvalue weighted by Crippen LogP contribution is 2.21. The number of rotatable bonds is 6. The van der Waals surface area contributed by atoms with Crippen LogP contribution in [0.2, 0.25) is 0 Å². The molecule has 0 radical (unpaired) electrons. The molecule has 1 aromatic rings. The zero-order valence-corrected chi connectivity index (χ0v) is 12.2. The lowest BCUT2D eigenvalue weighted by Gasteiger charge is -2.18. The van der Waals surface area contributed by atoms with E-state index in [1.54, 1.807) is 0 Å². The van der Waals surface area contributed by atoms with Gasteiger partial charge >= 0.3 is 0 Å². The Kier molecular flexibility index (Phi) is 5.36. The lowest BCUT2D eigenvalue weighted by Crippen LogP contribution is -2.32. The van der Waals surface area contributed by atoms with Gasteiger partial charge in [0.05, 0.1) is 17.1 Å². The van der Waals surface area contributed by atoms with Crippen LogP contribution in [-0.2, 0) is 14.8 Å². The van der Waals surface area contributed by atoms with Gasteiger partial charge < -0.3 is 10.5 Å². The molecule has 0 amide bonds. The number of sulfonamides is 1. The molecule has 8 heteroatoms. The summed E-state index contributed by atoms with van der Waals surface area (Å²) < 4.78 is 44.2. The Bertz CT molecular complexity index is 575. The summed E-state index contributed by atoms with van der Waals surface area (Å²) >= 11 is 4.71. The van der Waals surface area contributed by atoms with Crippen LogP contribution in [0.4, 0.5) is 4.39 Å². The second-order valence-corrected chi connectivity index (χ2v) is 6.25. The highest BCUT2D eigenvalue weighted by Gasteiger charge is 2.26. The molecule has 106 valence electrons. The number of ether oxygens (including phenoxy) is 1. The summed E-state index contributed by atoms with van der Waals surface area (Å²) in [6.45, 7) is 0.375. The Morgan fingerprint density at radius 2 is 2.16 bits per heavy atom. The van der Waals surface area contributed by atoms with Crippen molar-refractivity contribution < 1.29 is 17.5 Å². The summed E-state index contributed by atoms with van der Waals surface area (Å²) in [6.07, 6.45) is 0. The smallest absolute Gasteiger partial charge is 0.243 e. The summed E-state index contributed by atoms with van der Waals surface area (Å²) in [6, 6.07) is 3.69. The molecule has 19 heavy (non-hydrogen) atoms. The number of hydrogen-bond acceptors (Lipinski definition) is 4. The molecule has 0 unspecified atom stereocenters. The molecule has 5 nitrogen and oxygen atoms in total. The fraction of sp³-hybridized carbons (Fsp3) is 0.364. The van der Waals surface area contributed by atoms with E-state index in [-0.39, 0.29) is 28.6 Å². The van der Waals surface area contributed by atoms with Gasteiger partial charge in [-0.05, 0) is 12.1 Å². The maximum absolute atomic E-state index is 13.7. The molecule has 2 N–H and O–H groups in total. The Balaban J connectivity index is 3.29. The lowest BCUT2D eigenvalue weighted by atomic mass is 10.2. The summed E-state index contributed by atoms with van der Waals surface area (Å²) in [7, 11) is -1.02. The quantitative estimate of drug-likeness (QED) is 0.784. The first-order valence-corrected chi connectivity index (χ1v) is 7.20. The molecule has 0 saturated carbocycles. The summed E-state index contributed by atoms with van der Waals surface area (Å²) in [5.41, 5.74) is 5.13. The topological polar surface area (TPSA) is 72.6 Å². The van der Waals surface area contributed by atoms with Gasteiger partial charge in [0.25, 0.3) is 0 Å². The van der Waals surface area contributed by atoms with Gasteiger partial charge in [0, 0.05) is 20.7 Å². The number of likely N-dealkylation sites (N-methyl/N-ethyl adjacent to an activating group) is 1. The Hall–Kier alpha value is -1.09. The molecule has 0 fully saturated rings. The number of hydrogen-bond donors (Lipinski definition) is 1. The van der Waals surface area contributed by atoms with Crippen LogP contribution < -0.4 is 5.73 Å². The average Bonchev–Trinajstić information content (AvgIpc) is 2.34. The first-order valence-electron chi connectivity index (χ1n) is 5.36. The van der Waals surface area contributed by atoms with Gasteiger partial charge in [-0.25, -0.2) is 12.8 Å². The Morgan fingerprint density at radius 3 is 2.68 bits per heavy atom. The van der Waals surface area contributed by atoms with Crippen molar-refractivity contribution in [2.24, 2.45) is 5.73 Å². The van der Waals surface area contributed by atoms with Crippen molar-refractivity contribution in [1.82, 2.24) is 4.31 Å². The van der Waals surface area contributed by atoms with Crippen LogP contribution in [0.3, 0.4) is 0 Å². The standard InChI is InChI=1S/C11H15FN2O3S2/c1-14(6-7-17-2)19(15,16)9-5-3-4-8(12)10(9)11(13)18/h3-5H,6-7H2,1-2H3,(H2,13,18). The summed E-state index contributed by atoms with van der Waals surface area (Å²) in [5.74, 6) is -0.756. The summed E-state index contributed by atoms with van der Waals surface area (Å²) in [5, 5.41) is 0. The van der Waals surface area contributed by atoms with Gasteiger partial charge in [0.15, 0.2) is 0 Å². The maximum atomic E-state index is 13.7. The van der Waals surface area contributed by atoms with E-state index in [1.807, 2.05) is 0 Å². The van der Waals surface area contributed by atoms with Crippen molar-refractivity contribution in [2.45, 2.75) is 4.90 Å². The predicted octanol–water partition coefficient (Wildman–Crippen LogP) is 0.727. The molecule has 0 atom stereocenters. The zero-order valence-electron chi connectivity index (χ0n) is 10.6. The van der Waals surface area contributed by atoms with Crippen molar-refractivity contribution in [3.05, 3.63) is 29.6 Å². The van der Waals surface area contributed by atoms with Gasteiger partial charge in [0.2, 0.25) is 10.0 Å². The van der Waals surface area contributed by atoms with Crippen LogP contribution in [0, 0.1) is 5.82 Å². The van der Waals surface area contributed by atoms with E-state index in [0.717, 1.165) is 10.4 Å². The molecular weight excluding hydrogens is 291 g/mol. The van der Waals surface area contributed by atoms with E-state index in [2.05, 4.69) is 0 Å². The van der Waals surface area contributed by atoms with Crippen molar-refractivity contribution in [3.8, 4) is 0 Å². The SMILES string of the molecule is COCCN(C)S(=O)(=O)c1cccc(F)c1C(N)=S. The van der Waals surface area contributed by atoms with E-state index in [4.69, 9.17) is 22.7 Å². The molecule has 0 aliphatic heterocycles. The fourth-order valence-corrected chi connectivity index (χ4v) is 3.11. The number of methoxy groups -OCH3 is 1. The van der Waals surface area contributed by atoms with Crippen LogP contribution in [0.1, 0.15) is 5.56 Å². The van der Waals surface area contributed by atoms with E-state index in [0.29, 0.717) is 0 Å². The molecule has 0 bridgehead atoms. The van der Waals surface area contributed by atoms with Crippen LogP contribution in [-0.4, -0.2) is 45.0 Å². The minimum atomic E-state index is -3.86. The van der Waals surface area contributed by atoms with E-state index < -0.39 is 15.8 Å². The molecule has 0 aromatic heterocycles. The van der Waals surface area contributed by atoms with Crippen LogP contribution in [0.15, 0.2) is 23.1 Å². The molecule has 0 aliphatic rings. The molecule has 0 heterocycles. The first-order chi connectivity index (χ1) is 8.82. The number of nitrogens with zero attached hydrogens (tertiary/aromatic N) is 1. The van der Waals surface area contributed by atoms with E-state index >= 15 is 0 Å². The van der Waals surface area contributed by atoms with Crippen LogP contribution in [0.25, 0.3) is 0 Å². The van der Waals surface area contributed by atoms with Gasteiger partial charge in [-0.1, -0.05) is 18.3 Å². The normalized spacial score (nSPS) is 11.8. The number of nitrogens with two attached hydrogens (primary N) is 1. The maximum Gasteiger partial charge on any atom is 0.243 e. The van der Waals surface area contributed by atoms with Gasteiger partial charge in [0.1, 0.15) is 10.8 Å².